The van der Waals surface area contributed by atoms with Gasteiger partial charge in [-0.25, -0.2) is 4.98 Å². The minimum absolute atomic E-state index is 0.123. The highest BCUT2D eigenvalue weighted by Gasteiger charge is 2.16. The van der Waals surface area contributed by atoms with E-state index in [-0.39, 0.29) is 11.9 Å². The zero-order valence-corrected chi connectivity index (χ0v) is 15.1. The van der Waals surface area contributed by atoms with E-state index in [1.54, 1.807) is 19.7 Å². The van der Waals surface area contributed by atoms with Crippen LogP contribution in [0.1, 0.15) is 33.9 Å². The van der Waals surface area contributed by atoms with E-state index in [1.165, 1.54) is 11.3 Å². The minimum atomic E-state index is -0.166. The first-order valence-electron chi connectivity index (χ1n) is 7.57. The number of thiazole rings is 1. The Morgan fingerprint density at radius 1 is 1.29 bits per heavy atom. The zero-order chi connectivity index (χ0) is 17.5. The molecule has 2 rings (SSSR count). The molecule has 0 aliphatic heterocycles. The molecule has 24 heavy (non-hydrogen) atoms. The first kappa shape index (κ1) is 18.2. The van der Waals surface area contributed by atoms with Crippen LogP contribution in [0.3, 0.4) is 0 Å². The van der Waals surface area contributed by atoms with Crippen LogP contribution in [0.4, 0.5) is 0 Å². The number of hydrogen-bond donors (Lipinski definition) is 1. The molecule has 7 heteroatoms. The van der Waals surface area contributed by atoms with E-state index in [0.717, 1.165) is 11.3 Å². The van der Waals surface area contributed by atoms with Gasteiger partial charge in [-0.1, -0.05) is 6.07 Å². The van der Waals surface area contributed by atoms with E-state index in [1.807, 2.05) is 32.0 Å². The van der Waals surface area contributed by atoms with Gasteiger partial charge in [0.05, 0.1) is 31.0 Å². The summed E-state index contributed by atoms with van der Waals surface area (Å²) in [4.78, 5) is 17.0. The lowest BCUT2D eigenvalue weighted by molar-refractivity contribution is 0.0943. The second kappa shape index (κ2) is 8.65. The molecule has 0 fully saturated rings. The molecule has 1 N–H and O–H groups in total. The van der Waals surface area contributed by atoms with Crippen LogP contribution in [-0.2, 0) is 4.74 Å². The highest BCUT2D eigenvalue weighted by atomic mass is 32.1. The lowest BCUT2D eigenvalue weighted by Gasteiger charge is -2.17. The van der Waals surface area contributed by atoms with E-state index in [4.69, 9.17) is 14.2 Å². The average Bonchev–Trinajstić information content (AvgIpc) is 3.01. The fourth-order valence-corrected chi connectivity index (χ4v) is 2.88. The van der Waals surface area contributed by atoms with Gasteiger partial charge in [-0.3, -0.25) is 4.79 Å². The van der Waals surface area contributed by atoms with Gasteiger partial charge < -0.3 is 19.5 Å². The molecule has 6 nitrogen and oxygen atoms in total. The number of hydrogen-bond acceptors (Lipinski definition) is 6. The highest BCUT2D eigenvalue weighted by molar-refractivity contribution is 7.11. The van der Waals surface area contributed by atoms with Gasteiger partial charge in [0.2, 0.25) is 0 Å². The summed E-state index contributed by atoms with van der Waals surface area (Å²) >= 11 is 1.34. The summed E-state index contributed by atoms with van der Waals surface area (Å²) in [6.07, 6.45) is 0. The Morgan fingerprint density at radius 3 is 2.71 bits per heavy atom. The van der Waals surface area contributed by atoms with E-state index in [0.29, 0.717) is 29.6 Å². The van der Waals surface area contributed by atoms with Crippen LogP contribution < -0.4 is 14.8 Å². The molecule has 0 spiro atoms. The van der Waals surface area contributed by atoms with Crippen molar-refractivity contribution in [3.63, 3.8) is 0 Å². The predicted molar refractivity (Wildman–Crippen MR) is 93.1 cm³/mol. The number of rotatable bonds is 8. The first-order chi connectivity index (χ1) is 11.6. The van der Waals surface area contributed by atoms with Crippen molar-refractivity contribution in [1.29, 1.82) is 0 Å². The third-order valence-electron chi connectivity index (χ3n) is 3.53. The number of benzene rings is 1. The van der Waals surface area contributed by atoms with Crippen molar-refractivity contribution in [2.24, 2.45) is 0 Å². The maximum Gasteiger partial charge on any atom is 0.263 e. The van der Waals surface area contributed by atoms with E-state index >= 15 is 0 Å². The van der Waals surface area contributed by atoms with Crippen LogP contribution in [-0.4, -0.2) is 38.3 Å². The molecular formula is C17H22N2O4S. The Hall–Kier alpha value is -2.12. The second-order valence-electron chi connectivity index (χ2n) is 5.21. The molecule has 0 saturated carbocycles. The van der Waals surface area contributed by atoms with Crippen molar-refractivity contribution in [2.75, 3.05) is 27.4 Å². The van der Waals surface area contributed by atoms with Crippen LogP contribution in [0.15, 0.2) is 23.7 Å². The fourth-order valence-electron chi connectivity index (χ4n) is 2.17. The number of carbonyl (C=O) groups is 1. The van der Waals surface area contributed by atoms with Crippen LogP contribution in [0.5, 0.6) is 11.5 Å². The number of nitrogens with zero attached hydrogens (tertiary/aromatic N) is 1. The molecule has 2 aromatic rings. The smallest absolute Gasteiger partial charge is 0.263 e. The van der Waals surface area contributed by atoms with Crippen molar-refractivity contribution in [3.8, 4) is 11.5 Å². The Balaban J connectivity index is 2.07. The summed E-state index contributed by atoms with van der Waals surface area (Å²) in [5.41, 5.74) is 3.34. The van der Waals surface area contributed by atoms with Gasteiger partial charge in [0, 0.05) is 7.11 Å². The Labute approximate surface area is 145 Å². The summed E-state index contributed by atoms with van der Waals surface area (Å²) < 4.78 is 16.0. The minimum Gasteiger partial charge on any atom is -0.493 e. The molecule has 1 amide bonds. The molecule has 0 radical (unpaired) electrons. The van der Waals surface area contributed by atoms with Gasteiger partial charge in [-0.05, 0) is 31.5 Å². The normalized spacial score (nSPS) is 11.8. The number of aromatic nitrogens is 1. The number of carbonyl (C=O) groups excluding carboxylic acids is 1. The van der Waals surface area contributed by atoms with Gasteiger partial charge in [-0.2, -0.15) is 0 Å². The summed E-state index contributed by atoms with van der Waals surface area (Å²) in [5, 5.41) is 2.98. The quantitative estimate of drug-likeness (QED) is 0.741. The molecular weight excluding hydrogens is 328 g/mol. The largest absolute Gasteiger partial charge is 0.493 e. The molecule has 1 aromatic carbocycles. The Morgan fingerprint density at radius 2 is 2.08 bits per heavy atom. The third kappa shape index (κ3) is 4.46. The van der Waals surface area contributed by atoms with Crippen molar-refractivity contribution in [3.05, 3.63) is 39.8 Å². The van der Waals surface area contributed by atoms with Crippen molar-refractivity contribution in [2.45, 2.75) is 19.9 Å². The maximum atomic E-state index is 12.3. The zero-order valence-electron chi connectivity index (χ0n) is 14.3. The summed E-state index contributed by atoms with van der Waals surface area (Å²) in [5.74, 6) is 1.15. The van der Waals surface area contributed by atoms with E-state index in [2.05, 4.69) is 10.3 Å². The van der Waals surface area contributed by atoms with E-state index < -0.39 is 0 Å². The lowest BCUT2D eigenvalue weighted by atomic mass is 10.1. The Bertz CT molecular complexity index is 687. The SMILES string of the molecule is COCCOc1ccc(C(C)NC(=O)c2scnc2C)cc1OC. The first-order valence-corrected chi connectivity index (χ1v) is 8.45. The number of nitrogens with one attached hydrogen (secondary N) is 1. The molecule has 1 heterocycles. The Kier molecular flexibility index (Phi) is 6.57. The van der Waals surface area contributed by atoms with Crippen LogP contribution in [0.25, 0.3) is 0 Å². The standard InChI is InChI=1S/C17H22N2O4S/c1-11(19-17(20)16-12(2)18-10-24-16)13-5-6-14(15(9-13)22-4)23-8-7-21-3/h5-6,9-11H,7-8H2,1-4H3,(H,19,20). The summed E-state index contributed by atoms with van der Waals surface area (Å²) in [7, 11) is 3.21. The van der Waals surface area contributed by atoms with Gasteiger partial charge in [0.1, 0.15) is 11.5 Å². The number of ether oxygens (including phenoxy) is 3. The van der Waals surface area contributed by atoms with Gasteiger partial charge in [0.15, 0.2) is 11.5 Å². The molecule has 1 atom stereocenters. The molecule has 0 aliphatic carbocycles. The lowest BCUT2D eigenvalue weighted by Crippen LogP contribution is -2.26. The number of amides is 1. The molecule has 0 saturated heterocycles. The second-order valence-corrected chi connectivity index (χ2v) is 6.07. The van der Waals surface area contributed by atoms with Crippen molar-refractivity contribution in [1.82, 2.24) is 10.3 Å². The molecule has 130 valence electrons. The number of aryl methyl sites for hydroxylation is 1. The molecule has 1 unspecified atom stereocenters. The molecule has 0 aliphatic rings. The van der Waals surface area contributed by atoms with Crippen molar-refractivity contribution >= 4 is 17.2 Å². The van der Waals surface area contributed by atoms with E-state index in [9.17, 15) is 4.79 Å². The van der Waals surface area contributed by atoms with Crippen LogP contribution in [0.2, 0.25) is 0 Å². The number of methoxy groups -OCH3 is 2. The van der Waals surface area contributed by atoms with Gasteiger partial charge in [-0.15, -0.1) is 11.3 Å². The van der Waals surface area contributed by atoms with Crippen LogP contribution >= 0.6 is 11.3 Å². The van der Waals surface area contributed by atoms with Gasteiger partial charge in [0.25, 0.3) is 5.91 Å². The van der Waals surface area contributed by atoms with Crippen molar-refractivity contribution < 1.29 is 19.0 Å². The summed E-state index contributed by atoms with van der Waals surface area (Å²) in [6, 6.07) is 5.45. The highest BCUT2D eigenvalue weighted by Crippen LogP contribution is 2.30. The fraction of sp³-hybridized carbons (Fsp3) is 0.412. The third-order valence-corrected chi connectivity index (χ3v) is 4.46. The molecule has 1 aromatic heterocycles. The molecule has 0 bridgehead atoms. The monoisotopic (exact) mass is 350 g/mol. The maximum absolute atomic E-state index is 12.3. The predicted octanol–water partition coefficient (Wildman–Crippen LogP) is 2.98. The average molecular weight is 350 g/mol. The van der Waals surface area contributed by atoms with Crippen LogP contribution in [0, 0.1) is 6.92 Å². The topological polar surface area (TPSA) is 69.7 Å². The summed E-state index contributed by atoms with van der Waals surface area (Å²) in [6.45, 7) is 4.70. The van der Waals surface area contributed by atoms with Gasteiger partial charge >= 0.3 is 0 Å².